The van der Waals surface area contributed by atoms with E-state index in [9.17, 15) is 4.79 Å². The molecule has 1 amide bonds. The van der Waals surface area contributed by atoms with Gasteiger partial charge in [0.15, 0.2) is 0 Å². The number of thiol groups is 1. The normalized spacial score (nSPS) is 20.2. The van der Waals surface area contributed by atoms with Crippen LogP contribution in [-0.2, 0) is 11.2 Å². The summed E-state index contributed by atoms with van der Waals surface area (Å²) < 4.78 is 0. The van der Waals surface area contributed by atoms with Crippen LogP contribution in [0.15, 0.2) is 30.3 Å². The molecule has 1 aromatic carbocycles. The average molecular weight is 291 g/mol. The van der Waals surface area contributed by atoms with Crippen molar-refractivity contribution < 1.29 is 4.79 Å². The molecule has 2 nitrogen and oxygen atoms in total. The summed E-state index contributed by atoms with van der Waals surface area (Å²) in [4.78, 5) is 14.5. The highest BCUT2D eigenvalue weighted by Gasteiger charge is 2.27. The Balaban J connectivity index is 1.93. The van der Waals surface area contributed by atoms with Crippen LogP contribution >= 0.6 is 12.6 Å². The summed E-state index contributed by atoms with van der Waals surface area (Å²) in [6, 6.07) is 10.1. The van der Waals surface area contributed by atoms with Crippen molar-refractivity contribution in [1.82, 2.24) is 4.90 Å². The van der Waals surface area contributed by atoms with E-state index in [1.54, 1.807) is 0 Å². The van der Waals surface area contributed by atoms with Gasteiger partial charge in [0.05, 0.1) is 5.25 Å². The number of amides is 1. The van der Waals surface area contributed by atoms with Crippen LogP contribution in [-0.4, -0.2) is 29.1 Å². The lowest BCUT2D eigenvalue weighted by molar-refractivity contribution is -0.130. The summed E-state index contributed by atoms with van der Waals surface area (Å²) >= 11 is 4.53. The summed E-state index contributed by atoms with van der Waals surface area (Å²) in [7, 11) is 0. The molecule has 1 aliphatic rings. The highest BCUT2D eigenvalue weighted by atomic mass is 32.1. The molecule has 0 aromatic heterocycles. The summed E-state index contributed by atoms with van der Waals surface area (Å²) in [5, 5.41) is -0.224. The van der Waals surface area contributed by atoms with Crippen molar-refractivity contribution in [3.8, 4) is 0 Å². The maximum Gasteiger partial charge on any atom is 0.235 e. The van der Waals surface area contributed by atoms with Crippen LogP contribution in [0.2, 0.25) is 0 Å². The van der Waals surface area contributed by atoms with Gasteiger partial charge in [-0.1, -0.05) is 44.2 Å². The number of benzene rings is 1. The van der Waals surface area contributed by atoms with Crippen molar-refractivity contribution in [1.29, 1.82) is 0 Å². The molecule has 2 rings (SSSR count). The van der Waals surface area contributed by atoms with E-state index in [-0.39, 0.29) is 11.2 Å². The molecule has 0 aliphatic carbocycles. The van der Waals surface area contributed by atoms with Crippen molar-refractivity contribution in [2.75, 3.05) is 13.1 Å². The Labute approximate surface area is 128 Å². The van der Waals surface area contributed by atoms with Gasteiger partial charge in [0.2, 0.25) is 5.91 Å². The second-order valence-corrected chi connectivity index (χ2v) is 7.17. The first-order chi connectivity index (χ1) is 9.48. The Bertz CT molecular complexity index is 444. The molecule has 0 N–H and O–H groups in total. The largest absolute Gasteiger partial charge is 0.342 e. The minimum absolute atomic E-state index is 0.190. The molecule has 0 radical (unpaired) electrons. The van der Waals surface area contributed by atoms with Gasteiger partial charge in [-0.05, 0) is 36.7 Å². The van der Waals surface area contributed by atoms with Gasteiger partial charge < -0.3 is 4.90 Å². The van der Waals surface area contributed by atoms with E-state index in [1.807, 2.05) is 23.1 Å². The van der Waals surface area contributed by atoms with Crippen LogP contribution in [0, 0.1) is 5.41 Å². The first-order valence-electron chi connectivity index (χ1n) is 7.49. The van der Waals surface area contributed by atoms with Crippen LogP contribution in [0.1, 0.15) is 38.7 Å². The Morgan fingerprint density at radius 1 is 1.25 bits per heavy atom. The molecule has 0 saturated carbocycles. The van der Waals surface area contributed by atoms with Crippen LogP contribution in [0.25, 0.3) is 0 Å². The van der Waals surface area contributed by atoms with Crippen molar-refractivity contribution >= 4 is 18.5 Å². The van der Waals surface area contributed by atoms with E-state index >= 15 is 0 Å². The highest BCUT2D eigenvalue weighted by molar-refractivity contribution is 7.81. The van der Waals surface area contributed by atoms with Crippen molar-refractivity contribution in [3.63, 3.8) is 0 Å². The fourth-order valence-corrected chi connectivity index (χ4v) is 3.15. The third-order valence-electron chi connectivity index (χ3n) is 4.21. The zero-order valence-electron chi connectivity index (χ0n) is 12.5. The molecule has 20 heavy (non-hydrogen) atoms. The molecular formula is C17H25NOS. The fraction of sp³-hybridized carbons (Fsp3) is 0.588. The maximum atomic E-state index is 12.5. The van der Waals surface area contributed by atoms with Gasteiger partial charge in [-0.2, -0.15) is 12.6 Å². The highest BCUT2D eigenvalue weighted by Crippen LogP contribution is 2.30. The van der Waals surface area contributed by atoms with Gasteiger partial charge >= 0.3 is 0 Å². The van der Waals surface area contributed by atoms with E-state index in [0.717, 1.165) is 25.9 Å². The molecule has 1 atom stereocenters. The Kier molecular flexibility index (Phi) is 5.14. The Morgan fingerprint density at radius 3 is 2.65 bits per heavy atom. The summed E-state index contributed by atoms with van der Waals surface area (Å²) in [6.45, 7) is 6.35. The predicted molar refractivity (Wildman–Crippen MR) is 87.1 cm³/mol. The van der Waals surface area contributed by atoms with E-state index < -0.39 is 0 Å². The van der Waals surface area contributed by atoms with Crippen LogP contribution in [0.4, 0.5) is 0 Å². The fourth-order valence-electron chi connectivity index (χ4n) is 2.78. The number of carbonyl (C=O) groups is 1. The number of likely N-dealkylation sites (tertiary alicyclic amines) is 1. The van der Waals surface area contributed by atoms with Crippen LogP contribution < -0.4 is 0 Å². The van der Waals surface area contributed by atoms with Crippen LogP contribution in [0.3, 0.4) is 0 Å². The van der Waals surface area contributed by atoms with Gasteiger partial charge in [0.25, 0.3) is 0 Å². The molecule has 0 spiro atoms. The zero-order chi connectivity index (χ0) is 14.6. The monoisotopic (exact) mass is 291 g/mol. The predicted octanol–water partition coefficient (Wildman–Crippen LogP) is 3.57. The summed E-state index contributed by atoms with van der Waals surface area (Å²) in [5.74, 6) is 0.190. The lowest BCUT2D eigenvalue weighted by atomic mass is 9.85. The molecule has 1 aromatic rings. The number of hydrogen-bond donors (Lipinski definition) is 1. The quantitative estimate of drug-likeness (QED) is 0.844. The lowest BCUT2D eigenvalue weighted by Crippen LogP contribution is -2.38. The van der Waals surface area contributed by atoms with Crippen molar-refractivity contribution in [3.05, 3.63) is 35.9 Å². The second-order valence-electron chi connectivity index (χ2n) is 6.55. The zero-order valence-corrected chi connectivity index (χ0v) is 13.4. The molecule has 3 heteroatoms. The number of carbonyl (C=O) groups excluding carboxylic acids is 1. The maximum absolute atomic E-state index is 12.5. The topological polar surface area (TPSA) is 20.3 Å². The third-order valence-corrected chi connectivity index (χ3v) is 4.61. The standard InChI is InChI=1S/C17H25NOS/c1-17(2)9-6-11-18(12-10-17)16(19)15(20)13-14-7-4-3-5-8-14/h3-5,7-8,15,20H,6,9-13H2,1-2H3. The summed E-state index contributed by atoms with van der Waals surface area (Å²) in [5.41, 5.74) is 1.54. The summed E-state index contributed by atoms with van der Waals surface area (Å²) in [6.07, 6.45) is 4.10. The molecular weight excluding hydrogens is 266 g/mol. The molecule has 0 bridgehead atoms. The third kappa shape index (κ3) is 4.27. The minimum atomic E-state index is -0.224. The van der Waals surface area contributed by atoms with Crippen molar-refractivity contribution in [2.24, 2.45) is 5.41 Å². The molecule has 1 fully saturated rings. The second kappa shape index (κ2) is 6.66. The lowest BCUT2D eigenvalue weighted by Gasteiger charge is -2.25. The van der Waals surface area contributed by atoms with Gasteiger partial charge in [-0.3, -0.25) is 4.79 Å². The Morgan fingerprint density at radius 2 is 1.95 bits per heavy atom. The van der Waals surface area contributed by atoms with Gasteiger partial charge in [0.1, 0.15) is 0 Å². The van der Waals surface area contributed by atoms with Crippen LogP contribution in [0.5, 0.6) is 0 Å². The number of nitrogens with zero attached hydrogens (tertiary/aromatic N) is 1. The van der Waals surface area contributed by atoms with E-state index in [0.29, 0.717) is 11.8 Å². The number of rotatable bonds is 3. The number of hydrogen-bond acceptors (Lipinski definition) is 2. The average Bonchev–Trinajstić information content (AvgIpc) is 2.60. The molecule has 1 heterocycles. The van der Waals surface area contributed by atoms with E-state index in [1.165, 1.54) is 12.0 Å². The molecule has 1 unspecified atom stereocenters. The van der Waals surface area contributed by atoms with Gasteiger partial charge in [-0.15, -0.1) is 0 Å². The minimum Gasteiger partial charge on any atom is -0.342 e. The van der Waals surface area contributed by atoms with Crippen molar-refractivity contribution in [2.45, 2.75) is 44.8 Å². The first kappa shape index (κ1) is 15.4. The van der Waals surface area contributed by atoms with E-state index in [2.05, 4.69) is 38.6 Å². The van der Waals surface area contributed by atoms with E-state index in [4.69, 9.17) is 0 Å². The molecule has 1 saturated heterocycles. The smallest absolute Gasteiger partial charge is 0.235 e. The molecule has 110 valence electrons. The van der Waals surface area contributed by atoms with Gasteiger partial charge in [-0.25, -0.2) is 0 Å². The SMILES string of the molecule is CC1(C)CCCN(C(=O)C(S)Cc2ccccc2)CC1. The first-order valence-corrected chi connectivity index (χ1v) is 8.00. The Hall–Kier alpha value is -0.960. The van der Waals surface area contributed by atoms with Gasteiger partial charge in [0, 0.05) is 13.1 Å². The molecule has 1 aliphatic heterocycles.